The Morgan fingerprint density at radius 2 is 2.20 bits per heavy atom. The van der Waals surface area contributed by atoms with Gasteiger partial charge in [-0.3, -0.25) is 0 Å². The Balaban J connectivity index is 2.32. The lowest BCUT2D eigenvalue weighted by atomic mass is 9.97. The number of hydrogen-bond donors (Lipinski definition) is 2. The van der Waals surface area contributed by atoms with Crippen LogP contribution >= 0.6 is 0 Å². The first-order valence-corrected chi connectivity index (χ1v) is 8.17. The van der Waals surface area contributed by atoms with Crippen LogP contribution in [-0.2, 0) is 10.0 Å². The summed E-state index contributed by atoms with van der Waals surface area (Å²) >= 11 is 0. The predicted octanol–water partition coefficient (Wildman–Crippen LogP) is 1.14. The standard InChI is InChI=1S/C14H19N3O2S/c1-10-4-3-5-14(12(10)8-15)20(18,19)17-13-6-7-16-9-11(13)2/h3-5,11,13,16-17H,6-7,9H2,1-2H3. The van der Waals surface area contributed by atoms with Crippen molar-refractivity contribution in [1.29, 1.82) is 5.26 Å². The molecule has 6 heteroatoms. The van der Waals surface area contributed by atoms with E-state index in [-0.39, 0.29) is 22.4 Å². The zero-order valence-corrected chi connectivity index (χ0v) is 12.5. The van der Waals surface area contributed by atoms with Crippen molar-refractivity contribution in [3.8, 4) is 6.07 Å². The number of aryl methyl sites for hydroxylation is 1. The molecule has 5 nitrogen and oxygen atoms in total. The molecular weight excluding hydrogens is 274 g/mol. The number of nitriles is 1. The van der Waals surface area contributed by atoms with Crippen LogP contribution in [0.3, 0.4) is 0 Å². The summed E-state index contributed by atoms with van der Waals surface area (Å²) in [5, 5.41) is 12.4. The molecule has 0 aromatic heterocycles. The smallest absolute Gasteiger partial charge is 0.242 e. The summed E-state index contributed by atoms with van der Waals surface area (Å²) < 4.78 is 27.7. The first kappa shape index (κ1) is 15.0. The first-order valence-electron chi connectivity index (χ1n) is 6.68. The maximum atomic E-state index is 12.5. The van der Waals surface area contributed by atoms with Crippen molar-refractivity contribution < 1.29 is 8.42 Å². The summed E-state index contributed by atoms with van der Waals surface area (Å²) in [5.41, 5.74) is 0.898. The zero-order valence-electron chi connectivity index (χ0n) is 11.7. The molecule has 2 unspecified atom stereocenters. The third-order valence-electron chi connectivity index (χ3n) is 3.73. The van der Waals surface area contributed by atoms with E-state index < -0.39 is 10.0 Å². The third kappa shape index (κ3) is 3.01. The minimum atomic E-state index is -3.66. The van der Waals surface area contributed by atoms with E-state index in [1.165, 1.54) is 6.07 Å². The van der Waals surface area contributed by atoms with E-state index in [4.69, 9.17) is 5.26 Å². The average Bonchev–Trinajstić information content (AvgIpc) is 2.41. The number of rotatable bonds is 3. The molecule has 1 aromatic rings. The Labute approximate surface area is 120 Å². The molecule has 20 heavy (non-hydrogen) atoms. The molecule has 0 radical (unpaired) electrons. The van der Waals surface area contributed by atoms with Crippen molar-refractivity contribution in [1.82, 2.24) is 10.0 Å². The van der Waals surface area contributed by atoms with E-state index in [9.17, 15) is 8.42 Å². The van der Waals surface area contributed by atoms with Crippen LogP contribution in [0.5, 0.6) is 0 Å². The Morgan fingerprint density at radius 1 is 1.45 bits per heavy atom. The van der Waals surface area contributed by atoms with Crippen molar-refractivity contribution in [2.45, 2.75) is 31.2 Å². The maximum absolute atomic E-state index is 12.5. The molecule has 0 aliphatic carbocycles. The molecule has 1 heterocycles. The van der Waals surface area contributed by atoms with Crippen LogP contribution in [0, 0.1) is 24.2 Å². The van der Waals surface area contributed by atoms with Gasteiger partial charge in [0.05, 0.1) is 5.56 Å². The Kier molecular flexibility index (Phi) is 4.43. The van der Waals surface area contributed by atoms with E-state index in [1.54, 1.807) is 19.1 Å². The third-order valence-corrected chi connectivity index (χ3v) is 5.26. The van der Waals surface area contributed by atoms with E-state index in [2.05, 4.69) is 10.0 Å². The molecule has 2 rings (SSSR count). The van der Waals surface area contributed by atoms with E-state index in [1.807, 2.05) is 13.0 Å². The second kappa shape index (κ2) is 5.92. The van der Waals surface area contributed by atoms with Gasteiger partial charge in [0.15, 0.2) is 0 Å². The fourth-order valence-corrected chi connectivity index (χ4v) is 4.07. The van der Waals surface area contributed by atoms with Gasteiger partial charge in [-0.2, -0.15) is 5.26 Å². The quantitative estimate of drug-likeness (QED) is 0.875. The number of nitrogens with one attached hydrogen (secondary N) is 2. The molecule has 108 valence electrons. The van der Waals surface area contributed by atoms with Gasteiger partial charge in [-0.1, -0.05) is 19.1 Å². The molecular formula is C14H19N3O2S. The highest BCUT2D eigenvalue weighted by molar-refractivity contribution is 7.89. The molecule has 2 atom stereocenters. The van der Waals surface area contributed by atoms with Crippen LogP contribution in [-0.4, -0.2) is 27.5 Å². The van der Waals surface area contributed by atoms with Gasteiger partial charge < -0.3 is 5.32 Å². The van der Waals surface area contributed by atoms with Crippen LogP contribution in [0.4, 0.5) is 0 Å². The van der Waals surface area contributed by atoms with Gasteiger partial charge in [0.1, 0.15) is 11.0 Å². The molecule has 1 saturated heterocycles. The van der Waals surface area contributed by atoms with Crippen LogP contribution in [0.15, 0.2) is 23.1 Å². The SMILES string of the molecule is Cc1cccc(S(=O)(=O)NC2CCNCC2C)c1C#N. The molecule has 1 aromatic carbocycles. The number of sulfonamides is 1. The normalized spacial score (nSPS) is 23.2. The van der Waals surface area contributed by atoms with Crippen LogP contribution < -0.4 is 10.0 Å². The lowest BCUT2D eigenvalue weighted by Crippen LogP contribution is -2.48. The van der Waals surface area contributed by atoms with E-state index in [0.717, 1.165) is 19.5 Å². The molecule has 1 aliphatic heterocycles. The highest BCUT2D eigenvalue weighted by atomic mass is 32.2. The lowest BCUT2D eigenvalue weighted by Gasteiger charge is -2.30. The van der Waals surface area contributed by atoms with Gasteiger partial charge in [0.25, 0.3) is 0 Å². The molecule has 0 saturated carbocycles. The maximum Gasteiger partial charge on any atom is 0.242 e. The molecule has 0 bridgehead atoms. The van der Waals surface area contributed by atoms with Gasteiger partial charge in [0, 0.05) is 6.04 Å². The summed E-state index contributed by atoms with van der Waals surface area (Å²) in [6.07, 6.45) is 0.758. The predicted molar refractivity (Wildman–Crippen MR) is 76.7 cm³/mol. The fourth-order valence-electron chi connectivity index (χ4n) is 2.46. The van der Waals surface area contributed by atoms with Crippen molar-refractivity contribution in [2.75, 3.05) is 13.1 Å². The molecule has 1 fully saturated rings. The topological polar surface area (TPSA) is 82.0 Å². The van der Waals surface area contributed by atoms with E-state index in [0.29, 0.717) is 5.56 Å². The van der Waals surface area contributed by atoms with Crippen molar-refractivity contribution in [3.63, 3.8) is 0 Å². The zero-order chi connectivity index (χ0) is 14.8. The second-order valence-corrected chi connectivity index (χ2v) is 6.94. The first-order chi connectivity index (χ1) is 9.45. The van der Waals surface area contributed by atoms with Crippen molar-refractivity contribution in [3.05, 3.63) is 29.3 Å². The summed E-state index contributed by atoms with van der Waals surface area (Å²) in [6, 6.07) is 6.79. The average molecular weight is 293 g/mol. The minimum absolute atomic E-state index is 0.0748. The van der Waals surface area contributed by atoms with Gasteiger partial charge in [-0.05, 0) is 44.0 Å². The number of hydrogen-bond acceptors (Lipinski definition) is 4. The highest BCUT2D eigenvalue weighted by Crippen LogP contribution is 2.20. The molecule has 2 N–H and O–H groups in total. The summed E-state index contributed by atoms with van der Waals surface area (Å²) in [6.45, 7) is 5.36. The second-order valence-electron chi connectivity index (χ2n) is 5.26. The molecule has 0 spiro atoms. The van der Waals surface area contributed by atoms with Crippen LogP contribution in [0.2, 0.25) is 0 Å². The minimum Gasteiger partial charge on any atom is -0.316 e. The van der Waals surface area contributed by atoms with E-state index >= 15 is 0 Å². The lowest BCUT2D eigenvalue weighted by molar-refractivity contribution is 0.328. The van der Waals surface area contributed by atoms with Gasteiger partial charge in [0.2, 0.25) is 10.0 Å². The highest BCUT2D eigenvalue weighted by Gasteiger charge is 2.28. The molecule has 0 amide bonds. The van der Waals surface area contributed by atoms with Gasteiger partial charge in [-0.25, -0.2) is 13.1 Å². The Morgan fingerprint density at radius 3 is 2.85 bits per heavy atom. The monoisotopic (exact) mass is 293 g/mol. The van der Waals surface area contributed by atoms with Crippen LogP contribution in [0.25, 0.3) is 0 Å². The largest absolute Gasteiger partial charge is 0.316 e. The van der Waals surface area contributed by atoms with Crippen LogP contribution in [0.1, 0.15) is 24.5 Å². The van der Waals surface area contributed by atoms with Gasteiger partial charge in [-0.15, -0.1) is 0 Å². The summed E-state index contributed by atoms with van der Waals surface area (Å²) in [4.78, 5) is 0.0748. The van der Waals surface area contributed by atoms with Gasteiger partial charge >= 0.3 is 0 Å². The number of nitrogens with zero attached hydrogens (tertiary/aromatic N) is 1. The Hall–Kier alpha value is -1.42. The molecule has 1 aliphatic rings. The number of piperidine rings is 1. The number of benzene rings is 1. The van der Waals surface area contributed by atoms with Crippen molar-refractivity contribution >= 4 is 10.0 Å². The Bertz CT molecular complexity index is 634. The summed E-state index contributed by atoms with van der Waals surface area (Å²) in [5.74, 6) is 0.230. The summed E-state index contributed by atoms with van der Waals surface area (Å²) in [7, 11) is -3.66. The van der Waals surface area contributed by atoms with Crippen molar-refractivity contribution in [2.24, 2.45) is 5.92 Å². The fraction of sp³-hybridized carbons (Fsp3) is 0.500.